The Morgan fingerprint density at radius 3 is 2.85 bits per heavy atom. The number of thiazole rings is 1. The summed E-state index contributed by atoms with van der Waals surface area (Å²) in [6.07, 6.45) is 2.24. The Kier molecular flexibility index (Phi) is 2.62. The molecule has 2 heterocycles. The van der Waals surface area contributed by atoms with E-state index in [2.05, 4.69) is 15.7 Å². The van der Waals surface area contributed by atoms with Gasteiger partial charge in [0.25, 0.3) is 0 Å². The molecule has 1 aromatic heterocycles. The summed E-state index contributed by atoms with van der Waals surface area (Å²) in [5, 5.41) is 5.49. The minimum absolute atomic E-state index is 0.158. The first-order valence-electron chi connectivity index (χ1n) is 4.67. The second kappa shape index (κ2) is 3.74. The first kappa shape index (κ1) is 9.12. The fourth-order valence-corrected chi connectivity index (χ4v) is 2.62. The van der Waals surface area contributed by atoms with Gasteiger partial charge in [0.15, 0.2) is 0 Å². The second-order valence-electron chi connectivity index (χ2n) is 3.61. The van der Waals surface area contributed by atoms with Crippen LogP contribution in [0, 0.1) is 0 Å². The summed E-state index contributed by atoms with van der Waals surface area (Å²) < 4.78 is 0. The molecule has 0 spiro atoms. The average Bonchev–Trinajstić information content (AvgIpc) is 2.72. The number of rotatable bonds is 2. The molecule has 1 aliphatic heterocycles. The molecule has 1 aliphatic rings. The average molecular weight is 197 g/mol. The fourth-order valence-electron chi connectivity index (χ4n) is 1.94. The van der Waals surface area contributed by atoms with Crippen molar-refractivity contribution in [3.05, 3.63) is 16.6 Å². The minimum atomic E-state index is 0.158. The van der Waals surface area contributed by atoms with E-state index in [0.717, 1.165) is 32.5 Å². The second-order valence-corrected chi connectivity index (χ2v) is 4.33. The van der Waals surface area contributed by atoms with Crippen molar-refractivity contribution < 1.29 is 0 Å². The molecule has 0 amide bonds. The lowest BCUT2D eigenvalue weighted by Crippen LogP contribution is -2.45. The van der Waals surface area contributed by atoms with E-state index < -0.39 is 0 Å². The molecular weight excluding hydrogens is 182 g/mol. The number of nitrogens with one attached hydrogen (secondary N) is 1. The van der Waals surface area contributed by atoms with Gasteiger partial charge >= 0.3 is 0 Å². The van der Waals surface area contributed by atoms with Crippen LogP contribution >= 0.6 is 11.3 Å². The number of aromatic nitrogens is 1. The van der Waals surface area contributed by atoms with Crippen LogP contribution < -0.4 is 11.1 Å². The molecule has 1 fully saturated rings. The van der Waals surface area contributed by atoms with Crippen LogP contribution in [0.25, 0.3) is 0 Å². The van der Waals surface area contributed by atoms with Crippen LogP contribution in [0.15, 0.2) is 10.9 Å². The summed E-state index contributed by atoms with van der Waals surface area (Å²) in [6.45, 7) is 2.85. The number of piperidine rings is 1. The molecule has 2 rings (SSSR count). The highest BCUT2D eigenvalue weighted by atomic mass is 32.1. The maximum absolute atomic E-state index is 5.87. The van der Waals surface area contributed by atoms with Crippen molar-refractivity contribution in [1.82, 2.24) is 10.3 Å². The first-order valence-corrected chi connectivity index (χ1v) is 5.61. The van der Waals surface area contributed by atoms with Crippen molar-refractivity contribution in [3.8, 4) is 0 Å². The van der Waals surface area contributed by atoms with Gasteiger partial charge in [-0.3, -0.25) is 0 Å². The molecule has 13 heavy (non-hydrogen) atoms. The number of hydrogen-bond acceptors (Lipinski definition) is 4. The van der Waals surface area contributed by atoms with E-state index in [0.29, 0.717) is 0 Å². The van der Waals surface area contributed by atoms with Gasteiger partial charge in [0.1, 0.15) is 0 Å². The Balaban J connectivity index is 2.23. The van der Waals surface area contributed by atoms with Crippen LogP contribution in [0.3, 0.4) is 0 Å². The maximum atomic E-state index is 5.87. The van der Waals surface area contributed by atoms with Gasteiger partial charge in [0.05, 0.1) is 11.2 Å². The van der Waals surface area contributed by atoms with Crippen LogP contribution in [-0.2, 0) is 5.41 Å². The maximum Gasteiger partial charge on any atom is 0.0794 e. The van der Waals surface area contributed by atoms with Crippen LogP contribution in [0.2, 0.25) is 0 Å². The van der Waals surface area contributed by atoms with Crippen molar-refractivity contribution in [2.45, 2.75) is 18.3 Å². The van der Waals surface area contributed by atoms with Gasteiger partial charge in [-0.2, -0.15) is 0 Å². The summed E-state index contributed by atoms with van der Waals surface area (Å²) in [5.74, 6) is 0. The molecular formula is C9H15N3S. The Morgan fingerprint density at radius 2 is 2.31 bits per heavy atom. The molecule has 4 heteroatoms. The molecule has 3 N–H and O–H groups in total. The van der Waals surface area contributed by atoms with E-state index >= 15 is 0 Å². The fraction of sp³-hybridized carbons (Fsp3) is 0.667. The SMILES string of the molecule is NCC1(c2cscn2)CCNCC1. The van der Waals surface area contributed by atoms with Crippen LogP contribution in [0.4, 0.5) is 0 Å². The van der Waals surface area contributed by atoms with Gasteiger partial charge in [-0.15, -0.1) is 11.3 Å². The third-order valence-electron chi connectivity index (χ3n) is 2.93. The predicted molar refractivity (Wildman–Crippen MR) is 55.0 cm³/mol. The molecule has 1 aromatic rings. The largest absolute Gasteiger partial charge is 0.330 e. The van der Waals surface area contributed by atoms with E-state index in [1.54, 1.807) is 11.3 Å². The van der Waals surface area contributed by atoms with Crippen LogP contribution in [-0.4, -0.2) is 24.6 Å². The topological polar surface area (TPSA) is 50.9 Å². The zero-order valence-corrected chi connectivity index (χ0v) is 8.44. The van der Waals surface area contributed by atoms with Gasteiger partial charge < -0.3 is 11.1 Å². The third-order valence-corrected chi connectivity index (χ3v) is 3.51. The highest BCUT2D eigenvalue weighted by Crippen LogP contribution is 2.31. The molecule has 3 nitrogen and oxygen atoms in total. The van der Waals surface area contributed by atoms with Crippen molar-refractivity contribution in [2.75, 3.05) is 19.6 Å². The lowest BCUT2D eigenvalue weighted by atomic mass is 9.77. The van der Waals surface area contributed by atoms with Gasteiger partial charge in [-0.05, 0) is 25.9 Å². The molecule has 72 valence electrons. The molecule has 0 bridgehead atoms. The van der Waals surface area contributed by atoms with Crippen LogP contribution in [0.1, 0.15) is 18.5 Å². The zero-order chi connectivity index (χ0) is 9.15. The quantitative estimate of drug-likeness (QED) is 0.734. The Bertz CT molecular complexity index is 252. The standard InChI is InChI=1S/C9H15N3S/c10-6-9(1-3-11-4-2-9)8-5-13-7-12-8/h5,7,11H,1-4,6,10H2. The summed E-state index contributed by atoms with van der Waals surface area (Å²) in [4.78, 5) is 4.39. The highest BCUT2D eigenvalue weighted by molar-refractivity contribution is 7.07. The number of nitrogens with zero attached hydrogens (tertiary/aromatic N) is 1. The first-order chi connectivity index (χ1) is 6.37. The summed E-state index contributed by atoms with van der Waals surface area (Å²) in [5.41, 5.74) is 9.12. The van der Waals surface area contributed by atoms with Crippen molar-refractivity contribution in [1.29, 1.82) is 0 Å². The summed E-state index contributed by atoms with van der Waals surface area (Å²) in [7, 11) is 0. The minimum Gasteiger partial charge on any atom is -0.330 e. The Hall–Kier alpha value is -0.450. The molecule has 0 saturated carbocycles. The number of hydrogen-bond donors (Lipinski definition) is 2. The third kappa shape index (κ3) is 1.61. The molecule has 0 atom stereocenters. The summed E-state index contributed by atoms with van der Waals surface area (Å²) in [6, 6.07) is 0. The smallest absolute Gasteiger partial charge is 0.0794 e. The van der Waals surface area contributed by atoms with E-state index in [1.807, 2.05) is 5.51 Å². The Morgan fingerprint density at radius 1 is 1.54 bits per heavy atom. The van der Waals surface area contributed by atoms with Crippen molar-refractivity contribution >= 4 is 11.3 Å². The lowest BCUT2D eigenvalue weighted by Gasteiger charge is -2.35. The van der Waals surface area contributed by atoms with E-state index in [9.17, 15) is 0 Å². The van der Waals surface area contributed by atoms with Gasteiger partial charge in [0.2, 0.25) is 0 Å². The van der Waals surface area contributed by atoms with E-state index in [4.69, 9.17) is 5.73 Å². The van der Waals surface area contributed by atoms with Crippen molar-refractivity contribution in [2.24, 2.45) is 5.73 Å². The molecule has 0 aliphatic carbocycles. The monoisotopic (exact) mass is 197 g/mol. The van der Waals surface area contributed by atoms with Crippen LogP contribution in [0.5, 0.6) is 0 Å². The van der Waals surface area contributed by atoms with E-state index in [1.165, 1.54) is 5.69 Å². The zero-order valence-electron chi connectivity index (χ0n) is 7.62. The van der Waals surface area contributed by atoms with Gasteiger partial charge in [0, 0.05) is 17.3 Å². The predicted octanol–water partition coefficient (Wildman–Crippen LogP) is 0.723. The van der Waals surface area contributed by atoms with Gasteiger partial charge in [-0.1, -0.05) is 0 Å². The molecule has 0 unspecified atom stereocenters. The highest BCUT2D eigenvalue weighted by Gasteiger charge is 2.33. The molecule has 0 radical (unpaired) electrons. The van der Waals surface area contributed by atoms with Crippen molar-refractivity contribution in [3.63, 3.8) is 0 Å². The normalized spacial score (nSPS) is 21.6. The lowest BCUT2D eigenvalue weighted by molar-refractivity contribution is 0.309. The van der Waals surface area contributed by atoms with E-state index in [-0.39, 0.29) is 5.41 Å². The van der Waals surface area contributed by atoms with Gasteiger partial charge in [-0.25, -0.2) is 4.98 Å². The molecule has 1 saturated heterocycles. The summed E-state index contributed by atoms with van der Waals surface area (Å²) >= 11 is 1.66. The Labute approximate surface area is 82.4 Å². The molecule has 0 aromatic carbocycles. The number of nitrogens with two attached hydrogens (primary N) is 1.